The van der Waals surface area contributed by atoms with Crippen molar-refractivity contribution in [2.75, 3.05) is 29.6 Å². The highest BCUT2D eigenvalue weighted by Crippen LogP contribution is 2.30. The maximum absolute atomic E-state index is 13.6. The first-order valence-electron chi connectivity index (χ1n) is 13.3. The van der Waals surface area contributed by atoms with Crippen LogP contribution in [0.3, 0.4) is 0 Å². The summed E-state index contributed by atoms with van der Waals surface area (Å²) in [7, 11) is -2.19. The molecule has 0 spiro atoms. The summed E-state index contributed by atoms with van der Waals surface area (Å²) in [4.78, 5) is 41.2. The van der Waals surface area contributed by atoms with Gasteiger partial charge in [-0.3, -0.25) is 14.2 Å². The molecule has 15 heteroatoms. The Morgan fingerprint density at radius 2 is 1.98 bits per heavy atom. The van der Waals surface area contributed by atoms with E-state index in [0.717, 1.165) is 18.0 Å². The highest BCUT2D eigenvalue weighted by Gasteiger charge is 2.29. The van der Waals surface area contributed by atoms with Gasteiger partial charge in [0.1, 0.15) is 17.1 Å². The number of carbonyl (C=O) groups is 1. The second-order valence-electron chi connectivity index (χ2n) is 10.4. The van der Waals surface area contributed by atoms with Crippen LogP contribution in [0.25, 0.3) is 10.9 Å². The van der Waals surface area contributed by atoms with E-state index in [0.29, 0.717) is 47.8 Å². The number of fused-ring (bicyclic) bond motifs is 1. The Bertz CT molecular complexity index is 1890. The summed E-state index contributed by atoms with van der Waals surface area (Å²) in [5.41, 5.74) is 1.78. The fraction of sp³-hybridized carbons (Fsp3) is 0.321. The number of halogens is 2. The smallest absolute Gasteiger partial charge is 0.285 e. The Kier molecular flexibility index (Phi) is 8.25. The number of hydrogen-bond acceptors (Lipinski definition) is 10. The zero-order chi connectivity index (χ0) is 31.1. The van der Waals surface area contributed by atoms with Gasteiger partial charge in [0.05, 0.1) is 41.6 Å². The first-order chi connectivity index (χ1) is 20.3. The van der Waals surface area contributed by atoms with Crippen LogP contribution in [0.1, 0.15) is 41.0 Å². The van der Waals surface area contributed by atoms with Crippen LogP contribution in [-0.2, 0) is 17.1 Å². The van der Waals surface area contributed by atoms with E-state index in [9.17, 15) is 22.4 Å². The van der Waals surface area contributed by atoms with Crippen molar-refractivity contribution in [1.29, 1.82) is 0 Å². The molecule has 4 aromatic rings. The van der Waals surface area contributed by atoms with Gasteiger partial charge in [0.15, 0.2) is 5.69 Å². The van der Waals surface area contributed by atoms with E-state index in [-0.39, 0.29) is 28.2 Å². The first-order valence-corrected chi connectivity index (χ1v) is 15.6. The number of nitrogens with zero attached hydrogens (tertiary/aromatic N) is 5. The molecule has 1 amide bonds. The average molecular weight is 630 g/mol. The van der Waals surface area contributed by atoms with E-state index in [1.54, 1.807) is 13.1 Å². The summed E-state index contributed by atoms with van der Waals surface area (Å²) in [6.07, 6.45) is 2.37. The fourth-order valence-electron chi connectivity index (χ4n) is 5.02. The zero-order valence-corrected chi connectivity index (χ0v) is 25.3. The number of carbonyl (C=O) groups excluding carboxylic acids is 1. The highest BCUT2D eigenvalue weighted by atomic mass is 35.5. The van der Waals surface area contributed by atoms with Crippen molar-refractivity contribution < 1.29 is 22.3 Å². The molecule has 0 bridgehead atoms. The highest BCUT2D eigenvalue weighted by molar-refractivity contribution is 7.89. The van der Waals surface area contributed by atoms with Crippen LogP contribution in [0.2, 0.25) is 5.15 Å². The van der Waals surface area contributed by atoms with Gasteiger partial charge in [0, 0.05) is 31.6 Å². The van der Waals surface area contributed by atoms with E-state index < -0.39 is 27.8 Å². The minimum Gasteiger partial charge on any atom is -0.472 e. The maximum Gasteiger partial charge on any atom is 0.285 e. The Hall–Kier alpha value is -4.30. The van der Waals surface area contributed by atoms with E-state index in [1.165, 1.54) is 28.8 Å². The zero-order valence-electron chi connectivity index (χ0n) is 23.8. The average Bonchev–Trinajstić information content (AvgIpc) is 3.40. The maximum atomic E-state index is 13.6. The number of benzene rings is 1. The van der Waals surface area contributed by atoms with Gasteiger partial charge in [0.2, 0.25) is 21.9 Å². The summed E-state index contributed by atoms with van der Waals surface area (Å²) in [6.45, 7) is 4.70. The molecule has 3 aromatic heterocycles. The molecule has 0 aliphatic carbocycles. The van der Waals surface area contributed by atoms with Gasteiger partial charge in [-0.05, 0) is 43.7 Å². The molecule has 43 heavy (non-hydrogen) atoms. The number of hydrogen-bond donors (Lipinski definition) is 2. The van der Waals surface area contributed by atoms with Gasteiger partial charge in [0.25, 0.3) is 11.5 Å². The minimum absolute atomic E-state index is 0.00997. The van der Waals surface area contributed by atoms with E-state index in [4.69, 9.17) is 21.3 Å². The molecule has 12 nitrogen and oxygen atoms in total. The van der Waals surface area contributed by atoms with Crippen molar-refractivity contribution in [3.63, 3.8) is 0 Å². The molecule has 226 valence electrons. The predicted molar refractivity (Wildman–Crippen MR) is 161 cm³/mol. The molecule has 4 heterocycles. The third kappa shape index (κ3) is 6.70. The summed E-state index contributed by atoms with van der Waals surface area (Å²) in [5.74, 6) is -0.627. The number of sulfonamides is 1. The lowest BCUT2D eigenvalue weighted by Gasteiger charge is -2.23. The lowest BCUT2D eigenvalue weighted by Crippen LogP contribution is -2.32. The fourth-order valence-corrected chi connectivity index (χ4v) is 5.60. The molecule has 0 radical (unpaired) electrons. The SMILES string of the molecule is Cc1cc([C@@H](C)Nc2ccc(Cl)nc2C(=O)NS(C)(=O)=O)c2nc(N3CC[C@@H](Oc4ccc(F)cn4)C3)n(C)c(=O)c2c1. The second-order valence-corrected chi connectivity index (χ2v) is 12.6. The van der Waals surface area contributed by atoms with Gasteiger partial charge in [-0.1, -0.05) is 17.7 Å². The van der Waals surface area contributed by atoms with E-state index >= 15 is 0 Å². The van der Waals surface area contributed by atoms with Crippen molar-refractivity contribution in [2.45, 2.75) is 32.4 Å². The van der Waals surface area contributed by atoms with E-state index in [1.807, 2.05) is 29.5 Å². The molecule has 0 unspecified atom stereocenters. The van der Waals surface area contributed by atoms with Crippen LogP contribution in [0.15, 0.2) is 47.4 Å². The molecule has 0 saturated carbocycles. The van der Waals surface area contributed by atoms with Gasteiger partial charge in [-0.25, -0.2) is 32.5 Å². The second kappa shape index (κ2) is 11.8. The lowest BCUT2D eigenvalue weighted by atomic mass is 10.0. The van der Waals surface area contributed by atoms with Crippen molar-refractivity contribution >= 4 is 50.1 Å². The Morgan fingerprint density at radius 3 is 2.67 bits per heavy atom. The third-order valence-electron chi connectivity index (χ3n) is 6.94. The lowest BCUT2D eigenvalue weighted by molar-refractivity contribution is 0.0977. The van der Waals surface area contributed by atoms with Gasteiger partial charge < -0.3 is 15.0 Å². The van der Waals surface area contributed by atoms with Crippen LogP contribution in [-0.4, -0.2) is 59.3 Å². The van der Waals surface area contributed by atoms with Crippen LogP contribution >= 0.6 is 11.6 Å². The normalized spacial score (nSPS) is 15.9. The molecule has 1 aliphatic heterocycles. The molecule has 2 N–H and O–H groups in total. The number of nitrogens with one attached hydrogen (secondary N) is 2. The summed E-state index contributed by atoms with van der Waals surface area (Å²) in [5, 5.41) is 3.64. The number of anilines is 2. The summed E-state index contributed by atoms with van der Waals surface area (Å²) in [6, 6.07) is 8.92. The summed E-state index contributed by atoms with van der Waals surface area (Å²) >= 11 is 6.01. The molecule has 2 atom stereocenters. The molecule has 1 aliphatic rings. The van der Waals surface area contributed by atoms with Crippen LogP contribution in [0.5, 0.6) is 5.88 Å². The standard InChI is InChI=1S/C28H29ClFN7O5S/c1-15-11-19(16(2)32-21-6-7-22(29)33-25(21)26(38)35-43(4,40)41)24-20(12-15)27(39)36(3)28(34-24)37-10-9-18(14-37)42-23-8-5-17(30)13-31-23/h5-8,11-13,16,18,32H,9-10,14H2,1-4H3,(H,35,38)/t16-,18-/m1/s1. The molecular formula is C28H29ClFN7O5S. The number of amides is 1. The molecule has 1 fully saturated rings. The van der Waals surface area contributed by atoms with Crippen molar-refractivity contribution in [3.8, 4) is 5.88 Å². The van der Waals surface area contributed by atoms with Gasteiger partial charge >= 0.3 is 0 Å². The molecular weight excluding hydrogens is 601 g/mol. The topological polar surface area (TPSA) is 148 Å². The van der Waals surface area contributed by atoms with Gasteiger partial charge in [-0.15, -0.1) is 0 Å². The van der Waals surface area contributed by atoms with Crippen LogP contribution < -0.4 is 25.2 Å². The molecule has 1 aromatic carbocycles. The number of aromatic nitrogens is 4. The predicted octanol–water partition coefficient (Wildman–Crippen LogP) is 3.34. The third-order valence-corrected chi connectivity index (χ3v) is 7.71. The van der Waals surface area contributed by atoms with Crippen molar-refractivity contribution in [2.24, 2.45) is 7.05 Å². The van der Waals surface area contributed by atoms with Crippen molar-refractivity contribution in [3.05, 3.63) is 80.7 Å². The first kappa shape index (κ1) is 30.2. The monoisotopic (exact) mass is 629 g/mol. The minimum atomic E-state index is -3.85. The van der Waals surface area contributed by atoms with E-state index in [2.05, 4.69) is 15.3 Å². The quantitative estimate of drug-likeness (QED) is 0.278. The number of pyridine rings is 2. The van der Waals surface area contributed by atoms with Crippen molar-refractivity contribution in [1.82, 2.24) is 24.2 Å². The number of ether oxygens (including phenoxy) is 1. The Labute approximate surface area is 251 Å². The molecule has 5 rings (SSSR count). The molecule has 1 saturated heterocycles. The largest absolute Gasteiger partial charge is 0.472 e. The van der Waals surface area contributed by atoms with Crippen LogP contribution in [0, 0.1) is 12.7 Å². The van der Waals surface area contributed by atoms with Crippen LogP contribution in [0.4, 0.5) is 16.0 Å². The van der Waals surface area contributed by atoms with Gasteiger partial charge in [-0.2, -0.15) is 0 Å². The number of aryl methyl sites for hydroxylation is 1. The number of rotatable bonds is 8. The summed E-state index contributed by atoms with van der Waals surface area (Å²) < 4.78 is 45.9. The Balaban J connectivity index is 1.48. The Morgan fingerprint density at radius 1 is 1.21 bits per heavy atom.